The van der Waals surface area contributed by atoms with Gasteiger partial charge in [0, 0.05) is 6.07 Å². The number of carbonyl (C=O) groups is 1. The van der Waals surface area contributed by atoms with E-state index in [1.165, 1.54) is 12.3 Å². The average Bonchev–Trinajstić information content (AvgIpc) is 3.18. The molecule has 2 N–H and O–H groups in total. The van der Waals surface area contributed by atoms with Crippen LogP contribution in [0.4, 0.5) is 25.2 Å². The number of benzene rings is 1. The van der Waals surface area contributed by atoms with Gasteiger partial charge in [-0.1, -0.05) is 47.8 Å². The van der Waals surface area contributed by atoms with Gasteiger partial charge in [0.2, 0.25) is 0 Å². The largest absolute Gasteiger partial charge is 0.481 e. The number of carboxylic acids is 1. The summed E-state index contributed by atoms with van der Waals surface area (Å²) in [5.74, 6) is -1.10. The number of carboxylic acid groups (broad SMARTS) is 1. The van der Waals surface area contributed by atoms with Crippen LogP contribution < -0.4 is 5.32 Å². The van der Waals surface area contributed by atoms with Gasteiger partial charge in [-0.15, -0.1) is 0 Å². The summed E-state index contributed by atoms with van der Waals surface area (Å²) < 4.78 is 72.3. The third-order valence-corrected chi connectivity index (χ3v) is 6.90. The molecule has 3 aromatic rings. The number of hydrogen-bond acceptors (Lipinski definition) is 6. The molecule has 2 heterocycles. The van der Waals surface area contributed by atoms with Gasteiger partial charge in [0.25, 0.3) is 0 Å². The number of nitrogens with zero attached hydrogens (tertiary/aromatic N) is 4. The highest BCUT2D eigenvalue weighted by Gasteiger charge is 2.65. The maximum atomic E-state index is 13.3. The molecule has 1 saturated carbocycles. The Hall–Kier alpha value is -3.02. The quantitative estimate of drug-likeness (QED) is 0.330. The molecule has 0 atom stereocenters. The Morgan fingerprint density at radius 1 is 1.26 bits per heavy atom. The van der Waals surface area contributed by atoms with Crippen molar-refractivity contribution in [2.45, 2.75) is 29.7 Å². The molecule has 182 valence electrons. The minimum Gasteiger partial charge on any atom is -0.481 e. The number of nitrogens with one attached hydrogen (secondary N) is 1. The minimum atomic E-state index is -10.1. The van der Waals surface area contributed by atoms with E-state index in [9.17, 15) is 34.6 Å². The van der Waals surface area contributed by atoms with Crippen LogP contribution in [0.15, 0.2) is 33.8 Å². The first-order valence-corrected chi connectivity index (χ1v) is 11.9. The van der Waals surface area contributed by atoms with E-state index < -0.39 is 42.2 Å². The predicted molar refractivity (Wildman–Crippen MR) is 112 cm³/mol. The van der Waals surface area contributed by atoms with Gasteiger partial charge in [-0.25, -0.2) is 4.68 Å². The van der Waals surface area contributed by atoms with Crippen LogP contribution in [-0.4, -0.2) is 26.0 Å². The number of halogens is 7. The zero-order chi connectivity index (χ0) is 25.2. The summed E-state index contributed by atoms with van der Waals surface area (Å²) in [5.41, 5.74) is -2.36. The highest BCUT2D eigenvalue weighted by molar-refractivity contribution is 8.45. The first kappa shape index (κ1) is 24.1. The van der Waals surface area contributed by atoms with Gasteiger partial charge >= 0.3 is 16.2 Å². The van der Waals surface area contributed by atoms with Crippen LogP contribution in [0.5, 0.6) is 0 Å². The van der Waals surface area contributed by atoms with Crippen molar-refractivity contribution in [3.05, 3.63) is 51.5 Å². The second-order valence-corrected chi connectivity index (χ2v) is 10.7. The number of hydrogen-bond donors (Lipinski definition) is 2. The number of aromatic nitrogens is 3. The Morgan fingerprint density at radius 3 is 2.32 bits per heavy atom. The van der Waals surface area contributed by atoms with Crippen molar-refractivity contribution >= 4 is 45.2 Å². The molecule has 0 unspecified atom stereocenters. The molecule has 1 fully saturated rings. The Kier molecular flexibility index (Phi) is 4.96. The summed E-state index contributed by atoms with van der Waals surface area (Å²) in [5, 5.41) is 28.0. The summed E-state index contributed by atoms with van der Waals surface area (Å²) in [6, 6.07) is 3.24. The summed E-state index contributed by atoms with van der Waals surface area (Å²) in [4.78, 5) is 9.67. The first-order valence-electron chi connectivity index (χ1n) is 9.21. The highest BCUT2D eigenvalue weighted by atomic mass is 35.5. The molecule has 34 heavy (non-hydrogen) atoms. The number of anilines is 1. The van der Waals surface area contributed by atoms with Crippen molar-refractivity contribution in [1.82, 2.24) is 14.9 Å². The Labute approximate surface area is 197 Å². The fraction of sp³-hybridized carbons (Fsp3) is 0.222. The maximum Gasteiger partial charge on any atom is 0.314 e. The van der Waals surface area contributed by atoms with Gasteiger partial charge in [-0.05, 0) is 25.0 Å². The molecule has 1 aliphatic rings. The third-order valence-electron chi connectivity index (χ3n) is 5.20. The molecule has 16 heteroatoms. The number of aliphatic carboxylic acids is 1. The second kappa shape index (κ2) is 7.00. The number of rotatable bonds is 7. The lowest BCUT2D eigenvalue weighted by molar-refractivity contribution is -0.140. The van der Waals surface area contributed by atoms with Crippen molar-refractivity contribution in [2.24, 2.45) is 0 Å². The van der Waals surface area contributed by atoms with Crippen LogP contribution in [0.3, 0.4) is 0 Å². The second-order valence-electron chi connectivity index (χ2n) is 7.52. The molecule has 4 rings (SSSR count). The lowest BCUT2D eigenvalue weighted by atomic mass is 9.95. The topological polar surface area (TPSA) is 117 Å². The molecule has 8 nitrogen and oxygen atoms in total. The monoisotopic (exact) mass is 543 g/mol. The van der Waals surface area contributed by atoms with Gasteiger partial charge in [0.05, 0.1) is 33.8 Å². The lowest BCUT2D eigenvalue weighted by Gasteiger charge is -2.40. The molecule has 0 radical (unpaired) electrons. The van der Waals surface area contributed by atoms with Gasteiger partial charge in [-0.3, -0.25) is 4.79 Å². The van der Waals surface area contributed by atoms with Crippen LogP contribution in [0.1, 0.15) is 29.9 Å². The molecular weight excluding hydrogens is 532 g/mol. The summed E-state index contributed by atoms with van der Waals surface area (Å²) in [6.45, 7) is -0.0992. The molecule has 0 aliphatic heterocycles. The van der Waals surface area contributed by atoms with E-state index in [4.69, 9.17) is 27.7 Å². The third kappa shape index (κ3) is 4.15. The van der Waals surface area contributed by atoms with Crippen LogP contribution in [-0.2, 0) is 16.8 Å². The SMILES string of the molecule is N#Cc1nn(-c2c(Cl)cc(S(F)(F)(F)(F)F)cc2Cl)c(NCc2ccno2)c1C1(C(=O)O)CC1. The van der Waals surface area contributed by atoms with E-state index in [1.807, 2.05) is 0 Å². The fourth-order valence-corrected chi connectivity index (χ4v) is 4.90. The van der Waals surface area contributed by atoms with Gasteiger partial charge < -0.3 is 14.9 Å². The zero-order valence-electron chi connectivity index (χ0n) is 16.5. The Morgan fingerprint density at radius 2 is 1.88 bits per heavy atom. The van der Waals surface area contributed by atoms with Gasteiger partial charge in [0.15, 0.2) is 11.5 Å². The van der Waals surface area contributed by atoms with Crippen molar-refractivity contribution in [2.75, 3.05) is 5.32 Å². The van der Waals surface area contributed by atoms with Crippen molar-refractivity contribution in [1.29, 1.82) is 5.26 Å². The van der Waals surface area contributed by atoms with E-state index >= 15 is 0 Å². The zero-order valence-corrected chi connectivity index (χ0v) is 18.9. The Bertz CT molecular complexity index is 1340. The fourth-order valence-electron chi connectivity index (χ4n) is 3.44. The summed E-state index contributed by atoms with van der Waals surface area (Å²) in [6.07, 6.45) is 1.65. The molecule has 1 aliphatic carbocycles. The number of nitriles is 1. The molecule has 0 amide bonds. The smallest absolute Gasteiger partial charge is 0.314 e. The van der Waals surface area contributed by atoms with E-state index in [0.717, 1.165) is 4.68 Å². The molecule has 0 saturated heterocycles. The van der Waals surface area contributed by atoms with E-state index in [-0.39, 0.29) is 54.4 Å². The van der Waals surface area contributed by atoms with E-state index in [0.29, 0.717) is 0 Å². The van der Waals surface area contributed by atoms with Crippen LogP contribution in [0, 0.1) is 11.3 Å². The van der Waals surface area contributed by atoms with Crippen LogP contribution >= 0.6 is 33.4 Å². The summed E-state index contributed by atoms with van der Waals surface area (Å²) >= 11 is 11.9. The summed E-state index contributed by atoms with van der Waals surface area (Å²) in [7, 11) is -10.1. The highest BCUT2D eigenvalue weighted by Crippen LogP contribution is 3.02. The van der Waals surface area contributed by atoms with Crippen LogP contribution in [0.2, 0.25) is 10.0 Å². The maximum absolute atomic E-state index is 13.3. The predicted octanol–water partition coefficient (Wildman–Crippen LogP) is 6.42. The first-order chi connectivity index (χ1) is 15.6. The standard InChI is InChI=1S/C18H12Cl2F5N5O3S/c19-11-5-10(34(21,22,23,24)25)6-12(20)15(11)30-16(27-8-9-1-4-28-33-9)14(13(7-26)29-30)18(2-3-18)17(31)32/h1,4-6,27H,2-3,8H2,(H,31,32). The minimum absolute atomic E-state index is 0.00203. The van der Waals surface area contributed by atoms with Crippen molar-refractivity contribution < 1.29 is 33.9 Å². The van der Waals surface area contributed by atoms with Crippen molar-refractivity contribution in [3.63, 3.8) is 0 Å². The lowest BCUT2D eigenvalue weighted by Crippen LogP contribution is -2.22. The van der Waals surface area contributed by atoms with E-state index in [2.05, 4.69) is 15.6 Å². The average molecular weight is 544 g/mol. The molecular formula is C18H12Cl2F5N5O3S. The van der Waals surface area contributed by atoms with Crippen molar-refractivity contribution in [3.8, 4) is 11.8 Å². The Balaban J connectivity index is 1.95. The normalized spacial score (nSPS) is 16.9. The van der Waals surface area contributed by atoms with Gasteiger partial charge in [-0.2, -0.15) is 10.4 Å². The molecule has 0 bridgehead atoms. The molecule has 1 aromatic carbocycles. The van der Waals surface area contributed by atoms with Crippen LogP contribution in [0.25, 0.3) is 5.69 Å². The molecule has 0 spiro atoms. The van der Waals surface area contributed by atoms with Gasteiger partial charge in [0.1, 0.15) is 22.5 Å². The van der Waals surface area contributed by atoms with E-state index in [1.54, 1.807) is 6.07 Å². The molecule has 2 aromatic heterocycles.